The van der Waals surface area contributed by atoms with Gasteiger partial charge in [-0.25, -0.2) is 0 Å². The molecule has 0 spiro atoms. The highest BCUT2D eigenvalue weighted by atomic mass is 35.5. The second-order valence-electron chi connectivity index (χ2n) is 6.27. The van der Waals surface area contributed by atoms with E-state index < -0.39 is 6.10 Å². The van der Waals surface area contributed by atoms with Crippen molar-refractivity contribution in [1.82, 2.24) is 5.32 Å². The van der Waals surface area contributed by atoms with Crippen molar-refractivity contribution < 1.29 is 9.53 Å². The molecule has 3 rings (SSSR count). The summed E-state index contributed by atoms with van der Waals surface area (Å²) in [5.41, 5.74) is 1.62. The summed E-state index contributed by atoms with van der Waals surface area (Å²) in [6.07, 6.45) is 1.60. The summed E-state index contributed by atoms with van der Waals surface area (Å²) in [6.45, 7) is 1.72. The lowest BCUT2D eigenvalue weighted by molar-refractivity contribution is -0.128. The summed E-state index contributed by atoms with van der Waals surface area (Å²) in [5, 5.41) is 12.6. The van der Waals surface area contributed by atoms with E-state index in [1.165, 1.54) is 0 Å². The van der Waals surface area contributed by atoms with Gasteiger partial charge >= 0.3 is 0 Å². The van der Waals surface area contributed by atoms with Gasteiger partial charge in [-0.05, 0) is 67.6 Å². The largest absolute Gasteiger partial charge is 0.481 e. The van der Waals surface area contributed by atoms with Crippen LogP contribution in [-0.4, -0.2) is 12.0 Å². The summed E-state index contributed by atoms with van der Waals surface area (Å²) < 4.78 is 5.69. The minimum atomic E-state index is -0.624. The molecule has 1 fully saturated rings. The average Bonchev–Trinajstić information content (AvgIpc) is 3.46. The Kier molecular flexibility index (Phi) is 5.25. The van der Waals surface area contributed by atoms with Gasteiger partial charge < -0.3 is 10.1 Å². The van der Waals surface area contributed by atoms with Crippen LogP contribution in [0.25, 0.3) is 0 Å². The number of halogens is 1. The molecule has 5 heteroatoms. The molecule has 128 valence electrons. The Morgan fingerprint density at radius 3 is 2.40 bits per heavy atom. The molecule has 0 aliphatic heterocycles. The lowest BCUT2D eigenvalue weighted by Gasteiger charge is -2.22. The number of nitrogens with one attached hydrogen (secondary N) is 1. The standard InChI is InChI=1S/C20H19ClN2O2/c1-13(25-18-10-2-14(12-22)3-11-18)20(24)23-19(15-4-5-15)16-6-8-17(21)9-7-16/h2-3,6-11,13,15,19H,4-5H2,1H3,(H,23,24)/t13-,19+/m1/s1. The molecule has 1 N–H and O–H groups in total. The normalized spacial score (nSPS) is 15.7. The van der Waals surface area contributed by atoms with Gasteiger partial charge in [0.05, 0.1) is 17.7 Å². The maximum Gasteiger partial charge on any atom is 0.261 e. The van der Waals surface area contributed by atoms with Crippen LogP contribution in [0.15, 0.2) is 48.5 Å². The van der Waals surface area contributed by atoms with Crippen LogP contribution >= 0.6 is 11.6 Å². The van der Waals surface area contributed by atoms with Gasteiger partial charge in [-0.15, -0.1) is 0 Å². The van der Waals surface area contributed by atoms with Crippen molar-refractivity contribution in [3.8, 4) is 11.8 Å². The molecule has 1 amide bonds. The van der Waals surface area contributed by atoms with Crippen LogP contribution in [0.3, 0.4) is 0 Å². The van der Waals surface area contributed by atoms with Gasteiger partial charge in [-0.2, -0.15) is 5.26 Å². The maximum atomic E-state index is 12.5. The Morgan fingerprint density at radius 1 is 1.20 bits per heavy atom. The lowest BCUT2D eigenvalue weighted by atomic mass is 10.0. The van der Waals surface area contributed by atoms with E-state index in [9.17, 15) is 4.79 Å². The van der Waals surface area contributed by atoms with Gasteiger partial charge in [0.1, 0.15) is 5.75 Å². The molecule has 1 saturated carbocycles. The molecule has 25 heavy (non-hydrogen) atoms. The number of nitrogens with zero attached hydrogens (tertiary/aromatic N) is 1. The van der Waals surface area contributed by atoms with Crippen molar-refractivity contribution in [3.05, 3.63) is 64.7 Å². The summed E-state index contributed by atoms with van der Waals surface area (Å²) >= 11 is 5.95. The quantitative estimate of drug-likeness (QED) is 0.843. The van der Waals surface area contributed by atoms with E-state index in [4.69, 9.17) is 21.6 Å². The van der Waals surface area contributed by atoms with E-state index in [-0.39, 0.29) is 11.9 Å². The number of carbonyl (C=O) groups excluding carboxylic acids is 1. The summed E-state index contributed by atoms with van der Waals surface area (Å²) in [5.74, 6) is 0.875. The molecule has 1 aliphatic rings. The van der Waals surface area contributed by atoms with Crippen molar-refractivity contribution in [2.75, 3.05) is 0 Å². The van der Waals surface area contributed by atoms with Gasteiger partial charge in [0.2, 0.25) is 0 Å². The minimum absolute atomic E-state index is 0.0169. The maximum absolute atomic E-state index is 12.5. The molecule has 2 aromatic carbocycles. The second-order valence-corrected chi connectivity index (χ2v) is 6.71. The van der Waals surface area contributed by atoms with Crippen LogP contribution in [0.5, 0.6) is 5.75 Å². The Labute approximate surface area is 152 Å². The molecule has 0 heterocycles. The van der Waals surface area contributed by atoms with Crippen LogP contribution in [0.4, 0.5) is 0 Å². The molecule has 2 atom stereocenters. The van der Waals surface area contributed by atoms with Crippen LogP contribution in [0.2, 0.25) is 5.02 Å². The molecule has 0 saturated heterocycles. The highest BCUT2D eigenvalue weighted by Crippen LogP contribution is 2.41. The predicted molar refractivity (Wildman–Crippen MR) is 96.3 cm³/mol. The van der Waals surface area contributed by atoms with E-state index >= 15 is 0 Å². The van der Waals surface area contributed by atoms with E-state index in [1.54, 1.807) is 31.2 Å². The number of hydrogen-bond acceptors (Lipinski definition) is 3. The van der Waals surface area contributed by atoms with Crippen LogP contribution in [-0.2, 0) is 4.79 Å². The number of nitriles is 1. The van der Waals surface area contributed by atoms with Crippen molar-refractivity contribution in [2.24, 2.45) is 5.92 Å². The number of rotatable bonds is 6. The third-order valence-electron chi connectivity index (χ3n) is 4.29. The SMILES string of the molecule is C[C@@H](Oc1ccc(C#N)cc1)C(=O)N[C@H](c1ccc(Cl)cc1)C1CC1. The Hall–Kier alpha value is -2.51. The minimum Gasteiger partial charge on any atom is -0.481 e. The van der Waals surface area contributed by atoms with E-state index in [1.807, 2.05) is 24.3 Å². The predicted octanol–water partition coefficient (Wildman–Crippen LogP) is 4.25. The number of benzene rings is 2. The molecular weight excluding hydrogens is 336 g/mol. The number of ether oxygens (including phenoxy) is 1. The Balaban J connectivity index is 1.64. The number of carbonyl (C=O) groups is 1. The van der Waals surface area contributed by atoms with E-state index in [2.05, 4.69) is 11.4 Å². The summed E-state index contributed by atoms with van der Waals surface area (Å²) in [7, 11) is 0. The molecule has 1 aliphatic carbocycles. The van der Waals surface area contributed by atoms with Crippen molar-refractivity contribution in [3.63, 3.8) is 0 Å². The molecule has 0 aromatic heterocycles. The van der Waals surface area contributed by atoms with Crippen LogP contribution < -0.4 is 10.1 Å². The third-order valence-corrected chi connectivity index (χ3v) is 4.54. The molecular formula is C20H19ClN2O2. The van der Waals surface area contributed by atoms with E-state index in [0.29, 0.717) is 22.3 Å². The van der Waals surface area contributed by atoms with Gasteiger partial charge in [-0.3, -0.25) is 4.79 Å². The fourth-order valence-corrected chi connectivity index (χ4v) is 2.84. The summed E-state index contributed by atoms with van der Waals surface area (Å²) in [4.78, 5) is 12.5. The van der Waals surface area contributed by atoms with Crippen LogP contribution in [0, 0.1) is 17.2 Å². The fraction of sp³-hybridized carbons (Fsp3) is 0.300. The first-order chi connectivity index (χ1) is 12.1. The lowest BCUT2D eigenvalue weighted by Crippen LogP contribution is -2.39. The first-order valence-corrected chi connectivity index (χ1v) is 8.67. The Morgan fingerprint density at radius 2 is 1.84 bits per heavy atom. The first-order valence-electron chi connectivity index (χ1n) is 8.29. The van der Waals surface area contributed by atoms with Gasteiger partial charge in [0, 0.05) is 5.02 Å². The highest BCUT2D eigenvalue weighted by Gasteiger charge is 2.34. The summed E-state index contributed by atoms with van der Waals surface area (Å²) in [6, 6.07) is 16.4. The zero-order chi connectivity index (χ0) is 17.8. The molecule has 2 aromatic rings. The molecule has 4 nitrogen and oxygen atoms in total. The third kappa shape index (κ3) is 4.52. The Bertz CT molecular complexity index is 777. The monoisotopic (exact) mass is 354 g/mol. The van der Waals surface area contributed by atoms with Crippen molar-refractivity contribution in [1.29, 1.82) is 5.26 Å². The second kappa shape index (κ2) is 7.58. The molecule has 0 unspecified atom stereocenters. The fourth-order valence-electron chi connectivity index (χ4n) is 2.71. The number of amides is 1. The van der Waals surface area contributed by atoms with Gasteiger partial charge in [0.15, 0.2) is 6.10 Å². The van der Waals surface area contributed by atoms with Crippen molar-refractivity contribution >= 4 is 17.5 Å². The highest BCUT2D eigenvalue weighted by molar-refractivity contribution is 6.30. The van der Waals surface area contributed by atoms with E-state index in [0.717, 1.165) is 18.4 Å². The molecule has 0 radical (unpaired) electrons. The molecule has 0 bridgehead atoms. The topological polar surface area (TPSA) is 62.1 Å². The number of hydrogen-bond donors (Lipinski definition) is 1. The van der Waals surface area contributed by atoms with Crippen molar-refractivity contribution in [2.45, 2.75) is 31.9 Å². The smallest absolute Gasteiger partial charge is 0.261 e. The average molecular weight is 355 g/mol. The van der Waals surface area contributed by atoms with Gasteiger partial charge in [0.25, 0.3) is 5.91 Å². The zero-order valence-electron chi connectivity index (χ0n) is 13.9. The zero-order valence-corrected chi connectivity index (χ0v) is 14.7. The first kappa shape index (κ1) is 17.3. The van der Waals surface area contributed by atoms with Crippen LogP contribution in [0.1, 0.15) is 36.9 Å². The van der Waals surface area contributed by atoms with Gasteiger partial charge in [-0.1, -0.05) is 23.7 Å².